The third kappa shape index (κ3) is 2.49. The summed E-state index contributed by atoms with van der Waals surface area (Å²) in [4.78, 5) is 15.3. The minimum absolute atomic E-state index is 0.134. The molecule has 0 spiro atoms. The van der Waals surface area contributed by atoms with E-state index in [1.807, 2.05) is 6.92 Å². The first-order chi connectivity index (χ1) is 7.65. The van der Waals surface area contributed by atoms with Crippen molar-refractivity contribution in [2.24, 2.45) is 5.73 Å². The molecule has 0 aromatic carbocycles. The van der Waals surface area contributed by atoms with E-state index in [0.717, 1.165) is 25.2 Å². The first kappa shape index (κ1) is 10.9. The van der Waals surface area contributed by atoms with Crippen molar-refractivity contribution < 1.29 is 9.53 Å². The Balaban J connectivity index is 2.16. The molecule has 0 aliphatic carbocycles. The second-order valence-electron chi connectivity index (χ2n) is 3.93. The lowest BCUT2D eigenvalue weighted by Gasteiger charge is -2.12. The van der Waals surface area contributed by atoms with E-state index in [1.54, 1.807) is 12.1 Å². The standard InChI is InChI=1S/C11H15N3O2/c1-7-4-8(11(12)15)5-10(14-7)16-9-2-3-13-6-9/h4-5,9,13H,2-3,6H2,1H3,(H2,12,15). The predicted octanol–water partition coefficient (Wildman–Crippen LogP) is 0.230. The Morgan fingerprint density at radius 1 is 1.62 bits per heavy atom. The van der Waals surface area contributed by atoms with Gasteiger partial charge in [0, 0.05) is 23.9 Å². The minimum Gasteiger partial charge on any atom is -0.473 e. The largest absolute Gasteiger partial charge is 0.473 e. The maximum absolute atomic E-state index is 11.1. The lowest BCUT2D eigenvalue weighted by Crippen LogP contribution is -2.20. The van der Waals surface area contributed by atoms with Crippen molar-refractivity contribution in [3.8, 4) is 5.88 Å². The van der Waals surface area contributed by atoms with Crippen LogP contribution in [0.5, 0.6) is 5.88 Å². The van der Waals surface area contributed by atoms with Gasteiger partial charge in [-0.2, -0.15) is 0 Å². The summed E-state index contributed by atoms with van der Waals surface area (Å²) in [6.07, 6.45) is 1.09. The molecule has 86 valence electrons. The Hall–Kier alpha value is -1.62. The number of amides is 1. The normalized spacial score (nSPS) is 19.7. The maximum atomic E-state index is 11.1. The second-order valence-corrected chi connectivity index (χ2v) is 3.93. The first-order valence-electron chi connectivity index (χ1n) is 5.31. The summed E-state index contributed by atoms with van der Waals surface area (Å²) in [7, 11) is 0. The van der Waals surface area contributed by atoms with Gasteiger partial charge in [0.15, 0.2) is 0 Å². The van der Waals surface area contributed by atoms with E-state index in [2.05, 4.69) is 10.3 Å². The van der Waals surface area contributed by atoms with Crippen LogP contribution in [0, 0.1) is 6.92 Å². The predicted molar refractivity (Wildman–Crippen MR) is 59.4 cm³/mol. The van der Waals surface area contributed by atoms with Crippen LogP contribution in [-0.4, -0.2) is 30.1 Å². The molecule has 1 fully saturated rings. The van der Waals surface area contributed by atoms with Crippen molar-refractivity contribution in [3.63, 3.8) is 0 Å². The topological polar surface area (TPSA) is 77.2 Å². The van der Waals surface area contributed by atoms with Crippen molar-refractivity contribution in [1.82, 2.24) is 10.3 Å². The Morgan fingerprint density at radius 3 is 3.06 bits per heavy atom. The molecule has 0 bridgehead atoms. The van der Waals surface area contributed by atoms with Crippen LogP contribution in [-0.2, 0) is 0 Å². The molecule has 16 heavy (non-hydrogen) atoms. The average molecular weight is 221 g/mol. The monoisotopic (exact) mass is 221 g/mol. The Bertz CT molecular complexity index is 400. The first-order valence-corrected chi connectivity index (χ1v) is 5.31. The van der Waals surface area contributed by atoms with Crippen LogP contribution in [0.2, 0.25) is 0 Å². The number of pyridine rings is 1. The van der Waals surface area contributed by atoms with Crippen molar-refractivity contribution in [2.45, 2.75) is 19.4 Å². The summed E-state index contributed by atoms with van der Waals surface area (Å²) in [6.45, 7) is 3.59. The van der Waals surface area contributed by atoms with Crippen LogP contribution >= 0.6 is 0 Å². The summed E-state index contributed by atoms with van der Waals surface area (Å²) < 4.78 is 5.67. The molecule has 1 aliphatic rings. The number of nitrogens with zero attached hydrogens (tertiary/aromatic N) is 1. The molecule has 1 amide bonds. The van der Waals surface area contributed by atoms with Crippen LogP contribution in [0.1, 0.15) is 22.5 Å². The van der Waals surface area contributed by atoms with Gasteiger partial charge in [0.1, 0.15) is 6.10 Å². The quantitative estimate of drug-likeness (QED) is 0.766. The highest BCUT2D eigenvalue weighted by atomic mass is 16.5. The SMILES string of the molecule is Cc1cc(C(N)=O)cc(OC2CCNC2)n1. The lowest BCUT2D eigenvalue weighted by molar-refractivity contribution is 0.0999. The zero-order valence-electron chi connectivity index (χ0n) is 9.19. The number of hydrogen-bond acceptors (Lipinski definition) is 4. The van der Waals surface area contributed by atoms with Crippen molar-refractivity contribution in [2.75, 3.05) is 13.1 Å². The molecule has 1 saturated heterocycles. The Labute approximate surface area is 94.0 Å². The number of ether oxygens (including phenoxy) is 1. The highest BCUT2D eigenvalue weighted by molar-refractivity contribution is 5.93. The van der Waals surface area contributed by atoms with E-state index in [-0.39, 0.29) is 6.10 Å². The molecular weight excluding hydrogens is 206 g/mol. The summed E-state index contributed by atoms with van der Waals surface area (Å²) in [6, 6.07) is 3.25. The molecule has 0 radical (unpaired) electrons. The number of carbonyl (C=O) groups is 1. The lowest BCUT2D eigenvalue weighted by atomic mass is 10.2. The number of rotatable bonds is 3. The summed E-state index contributed by atoms with van der Waals surface area (Å²) >= 11 is 0. The highest BCUT2D eigenvalue weighted by Crippen LogP contribution is 2.15. The zero-order chi connectivity index (χ0) is 11.5. The molecule has 0 saturated carbocycles. The Kier molecular flexibility index (Phi) is 3.05. The van der Waals surface area contributed by atoms with E-state index in [1.165, 1.54) is 0 Å². The van der Waals surface area contributed by atoms with Crippen LogP contribution < -0.4 is 15.8 Å². The molecule has 2 heterocycles. The van der Waals surface area contributed by atoms with Crippen molar-refractivity contribution >= 4 is 5.91 Å². The molecule has 1 aromatic rings. The molecule has 1 atom stereocenters. The van der Waals surface area contributed by atoms with Crippen molar-refractivity contribution in [3.05, 3.63) is 23.4 Å². The van der Waals surface area contributed by atoms with Crippen molar-refractivity contribution in [1.29, 1.82) is 0 Å². The average Bonchev–Trinajstić information content (AvgIpc) is 2.69. The van der Waals surface area contributed by atoms with E-state index < -0.39 is 5.91 Å². The number of aromatic nitrogens is 1. The molecule has 5 nitrogen and oxygen atoms in total. The summed E-state index contributed by atoms with van der Waals surface area (Å²) in [5, 5.41) is 3.20. The summed E-state index contributed by atoms with van der Waals surface area (Å²) in [5.41, 5.74) is 6.40. The van der Waals surface area contributed by atoms with Gasteiger partial charge in [0.25, 0.3) is 0 Å². The molecule has 1 aliphatic heterocycles. The zero-order valence-corrected chi connectivity index (χ0v) is 9.19. The fourth-order valence-corrected chi connectivity index (χ4v) is 1.74. The van der Waals surface area contributed by atoms with E-state index in [4.69, 9.17) is 10.5 Å². The minimum atomic E-state index is -0.458. The molecule has 2 rings (SSSR count). The number of primary amides is 1. The highest BCUT2D eigenvalue weighted by Gasteiger charge is 2.17. The number of nitrogens with two attached hydrogens (primary N) is 1. The molecule has 3 N–H and O–H groups in total. The van der Waals surface area contributed by atoms with Crippen LogP contribution in [0.3, 0.4) is 0 Å². The van der Waals surface area contributed by atoms with E-state index >= 15 is 0 Å². The van der Waals surface area contributed by atoms with Crippen LogP contribution in [0.4, 0.5) is 0 Å². The Morgan fingerprint density at radius 2 is 2.44 bits per heavy atom. The van der Waals surface area contributed by atoms with Gasteiger partial charge in [-0.1, -0.05) is 0 Å². The number of aryl methyl sites for hydroxylation is 1. The van der Waals surface area contributed by atoms with Gasteiger partial charge in [0.05, 0.1) is 0 Å². The molecule has 5 heteroatoms. The van der Waals surface area contributed by atoms with Gasteiger partial charge in [-0.3, -0.25) is 4.79 Å². The fraction of sp³-hybridized carbons (Fsp3) is 0.455. The molecular formula is C11H15N3O2. The van der Waals surface area contributed by atoms with Crippen LogP contribution in [0.15, 0.2) is 12.1 Å². The van der Waals surface area contributed by atoms with Gasteiger partial charge in [-0.15, -0.1) is 0 Å². The van der Waals surface area contributed by atoms with Gasteiger partial charge < -0.3 is 15.8 Å². The molecule has 1 unspecified atom stereocenters. The fourth-order valence-electron chi connectivity index (χ4n) is 1.74. The van der Waals surface area contributed by atoms with Gasteiger partial charge >= 0.3 is 0 Å². The third-order valence-electron chi connectivity index (χ3n) is 2.52. The number of carbonyl (C=O) groups excluding carboxylic acids is 1. The molecule has 1 aromatic heterocycles. The van der Waals surface area contributed by atoms with E-state index in [9.17, 15) is 4.79 Å². The second kappa shape index (κ2) is 4.49. The number of nitrogens with one attached hydrogen (secondary N) is 1. The van der Waals surface area contributed by atoms with Gasteiger partial charge in [0.2, 0.25) is 11.8 Å². The van der Waals surface area contributed by atoms with Crippen LogP contribution in [0.25, 0.3) is 0 Å². The van der Waals surface area contributed by atoms with Gasteiger partial charge in [-0.25, -0.2) is 4.98 Å². The number of hydrogen-bond donors (Lipinski definition) is 2. The maximum Gasteiger partial charge on any atom is 0.248 e. The van der Waals surface area contributed by atoms with Gasteiger partial charge in [-0.05, 0) is 26.0 Å². The summed E-state index contributed by atoms with van der Waals surface area (Å²) in [5.74, 6) is 0.0161. The van der Waals surface area contributed by atoms with E-state index in [0.29, 0.717) is 11.4 Å². The third-order valence-corrected chi connectivity index (χ3v) is 2.52. The smallest absolute Gasteiger partial charge is 0.248 e.